The zero-order valence-electron chi connectivity index (χ0n) is 10.7. The molecule has 0 saturated carbocycles. The van der Waals surface area contributed by atoms with Crippen LogP contribution in [0.4, 0.5) is 0 Å². The van der Waals surface area contributed by atoms with Gasteiger partial charge in [0.25, 0.3) is 10.0 Å². The molecule has 0 amide bonds. The van der Waals surface area contributed by atoms with Crippen LogP contribution in [-0.4, -0.2) is 25.5 Å². The van der Waals surface area contributed by atoms with Crippen LogP contribution in [0.25, 0.3) is 0 Å². The average Bonchev–Trinajstić information content (AvgIpc) is 2.26. The smallest absolute Gasteiger partial charge is 0.225 e. The Labute approximate surface area is 104 Å². The predicted octanol–water partition coefficient (Wildman–Crippen LogP) is 2.00. The fourth-order valence-electron chi connectivity index (χ4n) is 1.60. The molecule has 1 aromatic carbocycles. The molecule has 4 nitrogen and oxygen atoms in total. The predicted molar refractivity (Wildman–Crippen MR) is 68.9 cm³/mol. The lowest BCUT2D eigenvalue weighted by atomic mass is 10.3. The highest BCUT2D eigenvalue weighted by atomic mass is 32.2. The minimum absolute atomic E-state index is 0.105. The van der Waals surface area contributed by atoms with Gasteiger partial charge in [-0.15, -0.1) is 4.83 Å². The van der Waals surface area contributed by atoms with Gasteiger partial charge in [-0.05, 0) is 39.8 Å². The van der Waals surface area contributed by atoms with Gasteiger partial charge in [-0.2, -0.15) is 0 Å². The Bertz CT molecular complexity index is 433. The Morgan fingerprint density at radius 2 is 1.47 bits per heavy atom. The van der Waals surface area contributed by atoms with E-state index in [1.165, 1.54) is 0 Å². The molecule has 96 valence electrons. The third kappa shape index (κ3) is 3.80. The first-order valence-corrected chi connectivity index (χ1v) is 7.18. The molecule has 1 N–H and O–H groups in total. The second-order valence-electron chi connectivity index (χ2n) is 4.50. The first kappa shape index (κ1) is 14.2. The van der Waals surface area contributed by atoms with Crippen LogP contribution < -0.4 is 4.83 Å². The number of benzene rings is 1. The van der Waals surface area contributed by atoms with Crippen molar-refractivity contribution >= 4 is 10.0 Å². The first-order chi connectivity index (χ1) is 7.84. The largest absolute Gasteiger partial charge is 0.253 e. The Morgan fingerprint density at radius 3 is 1.88 bits per heavy atom. The molecular formula is C12H20N2O2S. The number of sulfonamides is 1. The molecule has 0 fully saturated rings. The van der Waals surface area contributed by atoms with E-state index in [1.807, 2.05) is 27.7 Å². The molecule has 0 aliphatic carbocycles. The Hall–Kier alpha value is -0.910. The van der Waals surface area contributed by atoms with Crippen molar-refractivity contribution in [2.24, 2.45) is 0 Å². The molecule has 0 atom stereocenters. The zero-order chi connectivity index (χ0) is 13.1. The molecule has 0 spiro atoms. The summed E-state index contributed by atoms with van der Waals surface area (Å²) in [4.78, 5) is 2.90. The van der Waals surface area contributed by atoms with Crippen LogP contribution in [0, 0.1) is 0 Å². The molecule has 0 radical (unpaired) electrons. The van der Waals surface area contributed by atoms with Crippen molar-refractivity contribution in [3.63, 3.8) is 0 Å². The van der Waals surface area contributed by atoms with Crippen LogP contribution >= 0.6 is 0 Å². The topological polar surface area (TPSA) is 49.4 Å². The fourth-order valence-corrected chi connectivity index (χ4v) is 2.92. The van der Waals surface area contributed by atoms with E-state index in [2.05, 4.69) is 4.83 Å². The molecule has 1 rings (SSSR count). The van der Waals surface area contributed by atoms with E-state index >= 15 is 0 Å². The molecule has 0 aliphatic rings. The fraction of sp³-hybridized carbons (Fsp3) is 0.500. The molecule has 0 bridgehead atoms. The standard InChI is InChI=1S/C12H20N2O2S/c1-10(2)14(11(3)4)13-17(15,16)12-8-6-5-7-9-12/h5-11,13H,1-4H3. The lowest BCUT2D eigenvalue weighted by molar-refractivity contribution is 0.145. The van der Waals surface area contributed by atoms with Gasteiger partial charge in [0, 0.05) is 12.1 Å². The number of nitrogens with zero attached hydrogens (tertiary/aromatic N) is 1. The van der Waals surface area contributed by atoms with Gasteiger partial charge in [0.05, 0.1) is 4.90 Å². The maximum absolute atomic E-state index is 12.1. The van der Waals surface area contributed by atoms with Gasteiger partial charge in [0.15, 0.2) is 0 Å². The Morgan fingerprint density at radius 1 is 1.00 bits per heavy atom. The van der Waals surface area contributed by atoms with Crippen molar-refractivity contribution in [1.82, 2.24) is 9.84 Å². The summed E-state index contributed by atoms with van der Waals surface area (Å²) in [7, 11) is -3.47. The summed E-state index contributed by atoms with van der Waals surface area (Å²) in [5.74, 6) is 0. The van der Waals surface area contributed by atoms with Crippen LogP contribution in [-0.2, 0) is 10.0 Å². The molecule has 0 heterocycles. The van der Waals surface area contributed by atoms with E-state index in [1.54, 1.807) is 35.3 Å². The van der Waals surface area contributed by atoms with E-state index in [9.17, 15) is 8.42 Å². The third-order valence-corrected chi connectivity index (χ3v) is 3.74. The highest BCUT2D eigenvalue weighted by Crippen LogP contribution is 2.10. The lowest BCUT2D eigenvalue weighted by Gasteiger charge is -2.30. The SMILES string of the molecule is CC(C)N(NS(=O)(=O)c1ccccc1)C(C)C. The maximum atomic E-state index is 12.1. The summed E-state index contributed by atoms with van der Waals surface area (Å²) in [6.07, 6.45) is 0. The van der Waals surface area contributed by atoms with Gasteiger partial charge in [0.1, 0.15) is 0 Å². The minimum atomic E-state index is -3.47. The van der Waals surface area contributed by atoms with Crippen molar-refractivity contribution < 1.29 is 8.42 Å². The highest BCUT2D eigenvalue weighted by molar-refractivity contribution is 7.89. The van der Waals surface area contributed by atoms with Crippen LogP contribution in [0.3, 0.4) is 0 Å². The number of hydrogen-bond donors (Lipinski definition) is 1. The molecule has 0 unspecified atom stereocenters. The first-order valence-electron chi connectivity index (χ1n) is 5.70. The molecule has 5 heteroatoms. The summed E-state index contributed by atoms with van der Waals surface area (Å²) in [5.41, 5.74) is 0. The summed E-state index contributed by atoms with van der Waals surface area (Å²) >= 11 is 0. The summed E-state index contributed by atoms with van der Waals surface area (Å²) in [6.45, 7) is 7.81. The monoisotopic (exact) mass is 256 g/mol. The minimum Gasteiger partial charge on any atom is -0.225 e. The van der Waals surface area contributed by atoms with Crippen LogP contribution in [0.15, 0.2) is 35.2 Å². The third-order valence-electron chi connectivity index (χ3n) is 2.39. The molecular weight excluding hydrogens is 236 g/mol. The molecule has 0 aromatic heterocycles. The number of hydrazine groups is 1. The zero-order valence-corrected chi connectivity index (χ0v) is 11.5. The Balaban J connectivity index is 2.94. The molecule has 17 heavy (non-hydrogen) atoms. The quantitative estimate of drug-likeness (QED) is 0.820. The van der Waals surface area contributed by atoms with Gasteiger partial charge in [0.2, 0.25) is 0 Å². The number of rotatable bonds is 5. The second kappa shape index (κ2) is 5.62. The normalized spacial score (nSPS) is 12.6. The van der Waals surface area contributed by atoms with Crippen molar-refractivity contribution in [2.45, 2.75) is 44.7 Å². The van der Waals surface area contributed by atoms with Crippen molar-refractivity contribution in [3.8, 4) is 0 Å². The van der Waals surface area contributed by atoms with Crippen molar-refractivity contribution in [3.05, 3.63) is 30.3 Å². The van der Waals surface area contributed by atoms with Crippen molar-refractivity contribution in [2.75, 3.05) is 0 Å². The summed E-state index contributed by atoms with van der Waals surface area (Å²) < 4.78 is 24.2. The molecule has 1 aromatic rings. The summed E-state index contributed by atoms with van der Waals surface area (Å²) in [6, 6.07) is 8.60. The van der Waals surface area contributed by atoms with E-state index in [4.69, 9.17) is 0 Å². The van der Waals surface area contributed by atoms with Crippen molar-refractivity contribution in [1.29, 1.82) is 0 Å². The molecule has 0 saturated heterocycles. The van der Waals surface area contributed by atoms with Crippen LogP contribution in [0.5, 0.6) is 0 Å². The Kier molecular flexibility index (Phi) is 4.68. The van der Waals surface area contributed by atoms with E-state index in [0.717, 1.165) is 0 Å². The van der Waals surface area contributed by atoms with Gasteiger partial charge >= 0.3 is 0 Å². The highest BCUT2D eigenvalue weighted by Gasteiger charge is 2.21. The van der Waals surface area contributed by atoms with E-state index in [-0.39, 0.29) is 17.0 Å². The van der Waals surface area contributed by atoms with Gasteiger partial charge in [-0.3, -0.25) is 0 Å². The summed E-state index contributed by atoms with van der Waals surface area (Å²) in [5, 5.41) is 1.72. The van der Waals surface area contributed by atoms with Crippen LogP contribution in [0.1, 0.15) is 27.7 Å². The lowest BCUT2D eigenvalue weighted by Crippen LogP contribution is -2.49. The van der Waals surface area contributed by atoms with Gasteiger partial charge in [-0.1, -0.05) is 18.2 Å². The van der Waals surface area contributed by atoms with Gasteiger partial charge < -0.3 is 0 Å². The second-order valence-corrected chi connectivity index (χ2v) is 6.16. The number of hydrogen-bond acceptors (Lipinski definition) is 3. The van der Waals surface area contributed by atoms with E-state index in [0.29, 0.717) is 0 Å². The maximum Gasteiger partial charge on any atom is 0.253 e. The average molecular weight is 256 g/mol. The molecule has 0 aliphatic heterocycles. The number of nitrogens with one attached hydrogen (secondary N) is 1. The van der Waals surface area contributed by atoms with Crippen LogP contribution in [0.2, 0.25) is 0 Å². The van der Waals surface area contributed by atoms with E-state index < -0.39 is 10.0 Å². The van der Waals surface area contributed by atoms with Gasteiger partial charge in [-0.25, -0.2) is 13.4 Å².